The molecular weight excluding hydrogens is 396 g/mol. The summed E-state index contributed by atoms with van der Waals surface area (Å²) < 4.78 is 15.9. The van der Waals surface area contributed by atoms with E-state index < -0.39 is 0 Å². The zero-order valence-corrected chi connectivity index (χ0v) is 18.0. The van der Waals surface area contributed by atoms with E-state index in [-0.39, 0.29) is 5.91 Å². The summed E-state index contributed by atoms with van der Waals surface area (Å²) in [5.74, 6) is 1.57. The van der Waals surface area contributed by atoms with Crippen LogP contribution in [0.3, 0.4) is 0 Å². The monoisotopic (exact) mass is 421 g/mol. The molecule has 0 saturated heterocycles. The first kappa shape index (κ1) is 21.7. The fourth-order valence-electron chi connectivity index (χ4n) is 3.25. The Hall–Kier alpha value is -3.99. The predicted molar refractivity (Wildman–Crippen MR) is 117 cm³/mol. The Bertz CT molecular complexity index is 1130. The van der Waals surface area contributed by atoms with Gasteiger partial charge in [0.15, 0.2) is 11.5 Å². The van der Waals surface area contributed by atoms with E-state index in [1.54, 1.807) is 12.1 Å². The minimum Gasteiger partial charge on any atom is -0.493 e. The second-order valence-electron chi connectivity index (χ2n) is 6.86. The van der Waals surface area contributed by atoms with Crippen LogP contribution in [0.25, 0.3) is 10.9 Å². The van der Waals surface area contributed by atoms with Crippen molar-refractivity contribution in [1.29, 1.82) is 5.26 Å². The van der Waals surface area contributed by atoms with Crippen molar-refractivity contribution in [2.45, 2.75) is 6.92 Å². The average Bonchev–Trinajstić information content (AvgIpc) is 2.79. The van der Waals surface area contributed by atoms with Gasteiger partial charge in [0.05, 0.1) is 27.9 Å². The van der Waals surface area contributed by atoms with Crippen molar-refractivity contribution in [3.05, 3.63) is 53.1 Å². The molecule has 2 aromatic carbocycles. The van der Waals surface area contributed by atoms with Gasteiger partial charge in [-0.2, -0.15) is 5.26 Å². The molecule has 0 radical (unpaired) electrons. The van der Waals surface area contributed by atoms with Crippen LogP contribution in [0.15, 0.2) is 36.4 Å². The first-order chi connectivity index (χ1) is 15.0. The molecule has 31 heavy (non-hydrogen) atoms. The summed E-state index contributed by atoms with van der Waals surface area (Å²) in [7, 11) is 4.50. The maximum absolute atomic E-state index is 12.6. The number of hydrogen-bond donors (Lipinski definition) is 2. The summed E-state index contributed by atoms with van der Waals surface area (Å²) in [6, 6.07) is 13.2. The molecule has 0 atom stereocenters. The number of ether oxygens (including phenoxy) is 3. The number of nitrogens with one attached hydrogen (secondary N) is 3. The van der Waals surface area contributed by atoms with Gasteiger partial charge in [0, 0.05) is 10.9 Å². The third kappa shape index (κ3) is 4.78. The number of aryl methyl sites for hydroxylation is 1. The van der Waals surface area contributed by atoms with Crippen LogP contribution in [-0.2, 0) is 0 Å². The molecule has 1 aromatic heterocycles. The van der Waals surface area contributed by atoms with Crippen molar-refractivity contribution >= 4 is 22.6 Å². The maximum Gasteiger partial charge on any atom is 0.290 e. The van der Waals surface area contributed by atoms with Gasteiger partial charge in [-0.25, -0.2) is 4.98 Å². The lowest BCUT2D eigenvalue weighted by Crippen LogP contribution is -2.30. The molecule has 8 heteroatoms. The number of fused-ring (bicyclic) bond motifs is 1. The zero-order chi connectivity index (χ0) is 22.4. The molecule has 0 spiro atoms. The molecule has 3 aromatic rings. The number of amides is 1. The van der Waals surface area contributed by atoms with Gasteiger partial charge in [-0.15, -0.1) is 0 Å². The Kier molecular flexibility index (Phi) is 6.78. The van der Waals surface area contributed by atoms with Crippen molar-refractivity contribution in [2.24, 2.45) is 0 Å². The lowest BCUT2D eigenvalue weighted by Gasteiger charge is -2.14. The van der Waals surface area contributed by atoms with Crippen molar-refractivity contribution in [3.8, 4) is 23.3 Å². The number of carbonyl (C=O) groups excluding carboxylic acids is 1. The van der Waals surface area contributed by atoms with E-state index >= 15 is 0 Å². The standard InChI is InChI=1S/C23H24N4O4/c1-14-5-6-18-15(9-14)10-17(13-24)22(27-18)25-7-8-26-23(28)16-11-19(29-2)21(31-4)20(12-16)30-3/h5-6,9-12H,7-8H2,1-4H3,(H,25,27)(H,26,28)/p+1. The van der Waals surface area contributed by atoms with E-state index in [0.29, 0.717) is 47.3 Å². The summed E-state index contributed by atoms with van der Waals surface area (Å²) in [5, 5.41) is 16.5. The molecule has 160 valence electrons. The first-order valence-electron chi connectivity index (χ1n) is 9.69. The SMILES string of the molecule is COc1cc(C(=O)NCCNc2[nH+]c3ccc(C)cc3cc2C#N)cc(OC)c1OC. The molecule has 0 aliphatic rings. The van der Waals surface area contributed by atoms with Crippen LogP contribution < -0.4 is 29.8 Å². The summed E-state index contributed by atoms with van der Waals surface area (Å²) in [6.45, 7) is 2.78. The van der Waals surface area contributed by atoms with Crippen molar-refractivity contribution < 1.29 is 24.0 Å². The quantitative estimate of drug-likeness (QED) is 0.542. The van der Waals surface area contributed by atoms with E-state index in [1.807, 2.05) is 31.2 Å². The molecule has 3 N–H and O–H groups in total. The largest absolute Gasteiger partial charge is 0.493 e. The lowest BCUT2D eigenvalue weighted by atomic mass is 10.1. The summed E-state index contributed by atoms with van der Waals surface area (Å²) >= 11 is 0. The van der Waals surface area contributed by atoms with E-state index in [1.165, 1.54) is 21.3 Å². The number of H-pyrrole nitrogens is 1. The molecule has 1 heterocycles. The highest BCUT2D eigenvalue weighted by molar-refractivity contribution is 5.95. The molecular formula is C23H25N4O4+. The molecule has 0 saturated carbocycles. The highest BCUT2D eigenvalue weighted by Crippen LogP contribution is 2.38. The lowest BCUT2D eigenvalue weighted by molar-refractivity contribution is -0.327. The zero-order valence-electron chi connectivity index (χ0n) is 18.0. The van der Waals surface area contributed by atoms with E-state index in [0.717, 1.165) is 16.5 Å². The maximum atomic E-state index is 12.6. The number of anilines is 1. The Morgan fingerprint density at radius 3 is 2.35 bits per heavy atom. The average molecular weight is 421 g/mol. The van der Waals surface area contributed by atoms with Gasteiger partial charge in [-0.05, 0) is 37.3 Å². The highest BCUT2D eigenvalue weighted by Gasteiger charge is 2.17. The molecule has 3 rings (SSSR count). The summed E-state index contributed by atoms with van der Waals surface area (Å²) in [4.78, 5) is 15.8. The number of carbonyl (C=O) groups is 1. The topological polar surface area (TPSA) is 107 Å². The van der Waals surface area contributed by atoms with Crippen molar-refractivity contribution in [2.75, 3.05) is 39.7 Å². The number of methoxy groups -OCH3 is 3. The summed E-state index contributed by atoms with van der Waals surface area (Å²) in [5.41, 5.74) is 2.95. The molecule has 0 aliphatic carbocycles. The first-order valence-corrected chi connectivity index (χ1v) is 9.69. The smallest absolute Gasteiger partial charge is 0.290 e. The van der Waals surface area contributed by atoms with Gasteiger partial charge in [-0.3, -0.25) is 10.1 Å². The van der Waals surface area contributed by atoms with Crippen LogP contribution in [0, 0.1) is 18.3 Å². The van der Waals surface area contributed by atoms with Crippen LogP contribution in [0.1, 0.15) is 21.5 Å². The second-order valence-corrected chi connectivity index (χ2v) is 6.86. The van der Waals surface area contributed by atoms with E-state index in [9.17, 15) is 10.1 Å². The normalized spacial score (nSPS) is 10.3. The minimum absolute atomic E-state index is 0.278. The Labute approximate surface area is 180 Å². The number of hydrogen-bond acceptors (Lipinski definition) is 6. The Balaban J connectivity index is 1.67. The number of benzene rings is 2. The van der Waals surface area contributed by atoms with Gasteiger partial charge in [0.1, 0.15) is 23.7 Å². The molecule has 0 unspecified atom stereocenters. The second kappa shape index (κ2) is 9.67. The highest BCUT2D eigenvalue weighted by atomic mass is 16.5. The van der Waals surface area contributed by atoms with E-state index in [4.69, 9.17) is 14.2 Å². The third-order valence-electron chi connectivity index (χ3n) is 4.80. The molecule has 0 bridgehead atoms. The van der Waals surface area contributed by atoms with Crippen LogP contribution in [0.5, 0.6) is 17.2 Å². The van der Waals surface area contributed by atoms with Crippen LogP contribution >= 0.6 is 0 Å². The van der Waals surface area contributed by atoms with Gasteiger partial charge in [-0.1, -0.05) is 11.6 Å². The number of pyridine rings is 1. The minimum atomic E-state index is -0.278. The number of aromatic amines is 1. The molecule has 8 nitrogen and oxygen atoms in total. The van der Waals surface area contributed by atoms with Gasteiger partial charge in [0.2, 0.25) is 5.75 Å². The number of rotatable bonds is 8. The van der Waals surface area contributed by atoms with E-state index in [2.05, 4.69) is 21.7 Å². The number of nitrogens with zero attached hydrogens (tertiary/aromatic N) is 1. The molecule has 0 fully saturated rings. The molecule has 0 aliphatic heterocycles. The number of aromatic nitrogens is 1. The summed E-state index contributed by atoms with van der Waals surface area (Å²) in [6.07, 6.45) is 0. The fraction of sp³-hybridized carbons (Fsp3) is 0.261. The van der Waals surface area contributed by atoms with Crippen LogP contribution in [0.4, 0.5) is 5.82 Å². The van der Waals surface area contributed by atoms with Crippen molar-refractivity contribution in [1.82, 2.24) is 5.32 Å². The Morgan fingerprint density at radius 2 is 1.74 bits per heavy atom. The van der Waals surface area contributed by atoms with Crippen molar-refractivity contribution in [3.63, 3.8) is 0 Å². The third-order valence-corrected chi connectivity index (χ3v) is 4.80. The molecule has 1 amide bonds. The van der Waals surface area contributed by atoms with Crippen LogP contribution in [0.2, 0.25) is 0 Å². The predicted octanol–water partition coefficient (Wildman–Crippen LogP) is 2.70. The van der Waals surface area contributed by atoms with Gasteiger partial charge in [0.25, 0.3) is 11.7 Å². The number of nitriles is 1. The Morgan fingerprint density at radius 1 is 1.03 bits per heavy atom. The van der Waals surface area contributed by atoms with Crippen LogP contribution in [-0.4, -0.2) is 40.3 Å². The fourth-order valence-corrected chi connectivity index (χ4v) is 3.25. The van der Waals surface area contributed by atoms with Gasteiger partial charge >= 0.3 is 0 Å². The van der Waals surface area contributed by atoms with Gasteiger partial charge < -0.3 is 19.5 Å².